The van der Waals surface area contributed by atoms with Gasteiger partial charge < -0.3 is 10.0 Å². The maximum atomic E-state index is 11.6. The van der Waals surface area contributed by atoms with Crippen LogP contribution in [0.25, 0.3) is 0 Å². The van der Waals surface area contributed by atoms with Crippen molar-refractivity contribution in [3.63, 3.8) is 0 Å². The van der Waals surface area contributed by atoms with Crippen LogP contribution < -0.4 is 0 Å². The third-order valence-electron chi connectivity index (χ3n) is 4.75. The van der Waals surface area contributed by atoms with Crippen LogP contribution in [0.15, 0.2) is 30.3 Å². The normalized spacial score (nSPS) is 19.4. The van der Waals surface area contributed by atoms with Crippen LogP contribution in [0.4, 0.5) is 0 Å². The van der Waals surface area contributed by atoms with Gasteiger partial charge in [-0.1, -0.05) is 51.1 Å². The molecule has 1 fully saturated rings. The molecule has 0 aromatic heterocycles. The predicted molar refractivity (Wildman–Crippen MR) is 85.4 cm³/mol. The number of nitrogens with zero attached hydrogens (tertiary/aromatic N) is 1. The zero-order valence-electron chi connectivity index (χ0n) is 13.4. The minimum Gasteiger partial charge on any atom is -0.481 e. The number of carboxylic acids is 1. The standard InChI is InChI=1S/C18H27NO2/c1-18(2,3)15-9-11-19(12-10-15)13-16(17(20)21)14-7-5-4-6-8-14/h4-8,15-16H,9-13H2,1-3H3,(H,20,21). The first-order valence-corrected chi connectivity index (χ1v) is 7.88. The second-order valence-electron chi connectivity index (χ2n) is 7.24. The summed E-state index contributed by atoms with van der Waals surface area (Å²) in [5.74, 6) is -0.398. The number of carbonyl (C=O) groups is 1. The van der Waals surface area contributed by atoms with Crippen molar-refractivity contribution in [3.8, 4) is 0 Å². The van der Waals surface area contributed by atoms with Crippen molar-refractivity contribution in [2.75, 3.05) is 19.6 Å². The molecule has 0 bridgehead atoms. The lowest BCUT2D eigenvalue weighted by atomic mass is 9.75. The molecule has 0 amide bonds. The Labute approximate surface area is 128 Å². The second kappa shape index (κ2) is 6.61. The molecule has 0 spiro atoms. The molecule has 1 N–H and O–H groups in total. The Morgan fingerprint density at radius 3 is 2.29 bits per heavy atom. The molecule has 1 saturated heterocycles. The van der Waals surface area contributed by atoms with Crippen LogP contribution in [-0.4, -0.2) is 35.6 Å². The van der Waals surface area contributed by atoms with Crippen molar-refractivity contribution in [2.24, 2.45) is 11.3 Å². The summed E-state index contributed by atoms with van der Waals surface area (Å²) in [6.07, 6.45) is 2.34. The molecule has 1 aliphatic heterocycles. The maximum absolute atomic E-state index is 11.6. The average molecular weight is 289 g/mol. The molecule has 1 heterocycles. The fourth-order valence-electron chi connectivity index (χ4n) is 3.25. The van der Waals surface area contributed by atoms with Gasteiger partial charge in [-0.3, -0.25) is 4.79 Å². The second-order valence-corrected chi connectivity index (χ2v) is 7.24. The van der Waals surface area contributed by atoms with Crippen LogP contribution in [0, 0.1) is 11.3 Å². The highest BCUT2D eigenvalue weighted by atomic mass is 16.4. The van der Waals surface area contributed by atoms with E-state index in [1.165, 1.54) is 12.8 Å². The fraction of sp³-hybridized carbons (Fsp3) is 0.611. The fourth-order valence-corrected chi connectivity index (χ4v) is 3.25. The lowest BCUT2D eigenvalue weighted by Gasteiger charge is -2.39. The number of piperidine rings is 1. The molecule has 0 saturated carbocycles. The molecule has 116 valence electrons. The topological polar surface area (TPSA) is 40.5 Å². The van der Waals surface area contributed by atoms with Gasteiger partial charge in [-0.05, 0) is 42.8 Å². The summed E-state index contributed by atoms with van der Waals surface area (Å²) in [7, 11) is 0. The number of aliphatic carboxylic acids is 1. The van der Waals surface area contributed by atoms with Gasteiger partial charge in [-0.25, -0.2) is 0 Å². The molecule has 3 nitrogen and oxygen atoms in total. The van der Waals surface area contributed by atoms with Gasteiger partial charge in [0.15, 0.2) is 0 Å². The smallest absolute Gasteiger partial charge is 0.312 e. The first-order valence-electron chi connectivity index (χ1n) is 7.88. The van der Waals surface area contributed by atoms with Crippen molar-refractivity contribution in [2.45, 2.75) is 39.5 Å². The van der Waals surface area contributed by atoms with Gasteiger partial charge in [0, 0.05) is 6.54 Å². The van der Waals surface area contributed by atoms with Crippen molar-refractivity contribution in [1.29, 1.82) is 0 Å². The van der Waals surface area contributed by atoms with Crippen LogP contribution in [0.1, 0.15) is 45.1 Å². The lowest BCUT2D eigenvalue weighted by Crippen LogP contribution is -2.41. The Hall–Kier alpha value is -1.35. The van der Waals surface area contributed by atoms with E-state index in [4.69, 9.17) is 0 Å². The Morgan fingerprint density at radius 2 is 1.81 bits per heavy atom. The summed E-state index contributed by atoms with van der Waals surface area (Å²) in [6, 6.07) is 9.59. The Kier molecular flexibility index (Phi) is 5.04. The highest BCUT2D eigenvalue weighted by Crippen LogP contribution is 2.34. The summed E-state index contributed by atoms with van der Waals surface area (Å²) in [5.41, 5.74) is 1.26. The van der Waals surface area contributed by atoms with Crippen LogP contribution in [-0.2, 0) is 4.79 Å². The minimum absolute atomic E-state index is 0.359. The van der Waals surface area contributed by atoms with Crippen LogP contribution >= 0.6 is 0 Å². The van der Waals surface area contributed by atoms with Gasteiger partial charge in [0.1, 0.15) is 0 Å². The van der Waals surface area contributed by atoms with Crippen molar-refractivity contribution in [3.05, 3.63) is 35.9 Å². The molecule has 1 aliphatic rings. The molecule has 1 aromatic carbocycles. The molecule has 0 radical (unpaired) electrons. The maximum Gasteiger partial charge on any atom is 0.312 e. The largest absolute Gasteiger partial charge is 0.481 e. The molecule has 21 heavy (non-hydrogen) atoms. The SMILES string of the molecule is CC(C)(C)C1CCN(CC(C(=O)O)c2ccccc2)CC1. The number of benzene rings is 1. The number of likely N-dealkylation sites (tertiary alicyclic amines) is 1. The quantitative estimate of drug-likeness (QED) is 0.920. The van der Waals surface area contributed by atoms with E-state index in [0.717, 1.165) is 24.6 Å². The zero-order chi connectivity index (χ0) is 15.5. The number of hydrogen-bond acceptors (Lipinski definition) is 2. The minimum atomic E-state index is -0.723. The molecule has 2 rings (SSSR count). The third-order valence-corrected chi connectivity index (χ3v) is 4.75. The van der Waals surface area contributed by atoms with E-state index in [0.29, 0.717) is 12.0 Å². The molecule has 1 aromatic rings. The summed E-state index contributed by atoms with van der Waals surface area (Å²) in [6.45, 7) is 9.55. The van der Waals surface area contributed by atoms with E-state index < -0.39 is 11.9 Å². The summed E-state index contributed by atoms with van der Waals surface area (Å²) in [5, 5.41) is 9.51. The van der Waals surface area contributed by atoms with Crippen LogP contribution in [0.2, 0.25) is 0 Å². The molecular weight excluding hydrogens is 262 g/mol. The van der Waals surface area contributed by atoms with E-state index in [9.17, 15) is 9.90 Å². The molecule has 1 unspecified atom stereocenters. The summed E-state index contributed by atoms with van der Waals surface area (Å²) >= 11 is 0. The van der Waals surface area contributed by atoms with E-state index in [1.54, 1.807) is 0 Å². The van der Waals surface area contributed by atoms with Gasteiger partial charge in [0.25, 0.3) is 0 Å². The van der Waals surface area contributed by atoms with Gasteiger partial charge in [0.2, 0.25) is 0 Å². The van der Waals surface area contributed by atoms with Crippen molar-refractivity contribution < 1.29 is 9.90 Å². The number of rotatable bonds is 4. The Bertz CT molecular complexity index is 456. The first kappa shape index (κ1) is 16.0. The zero-order valence-corrected chi connectivity index (χ0v) is 13.4. The van der Waals surface area contributed by atoms with E-state index in [-0.39, 0.29) is 0 Å². The van der Waals surface area contributed by atoms with Crippen molar-refractivity contribution >= 4 is 5.97 Å². The lowest BCUT2D eigenvalue weighted by molar-refractivity contribution is -0.139. The Morgan fingerprint density at radius 1 is 1.24 bits per heavy atom. The molecule has 1 atom stereocenters. The van der Waals surface area contributed by atoms with Gasteiger partial charge >= 0.3 is 5.97 Å². The van der Waals surface area contributed by atoms with Gasteiger partial charge in [0.05, 0.1) is 5.92 Å². The van der Waals surface area contributed by atoms with Gasteiger partial charge in [-0.2, -0.15) is 0 Å². The average Bonchev–Trinajstić information content (AvgIpc) is 2.45. The molecule has 3 heteroatoms. The molecular formula is C18H27NO2. The van der Waals surface area contributed by atoms with E-state index in [1.807, 2.05) is 30.3 Å². The van der Waals surface area contributed by atoms with Gasteiger partial charge in [-0.15, -0.1) is 0 Å². The van der Waals surface area contributed by atoms with Crippen molar-refractivity contribution in [1.82, 2.24) is 4.90 Å². The highest BCUT2D eigenvalue weighted by Gasteiger charge is 2.31. The summed E-state index contributed by atoms with van der Waals surface area (Å²) < 4.78 is 0. The highest BCUT2D eigenvalue weighted by molar-refractivity contribution is 5.76. The molecule has 0 aliphatic carbocycles. The monoisotopic (exact) mass is 289 g/mol. The summed E-state index contributed by atoms with van der Waals surface area (Å²) in [4.78, 5) is 13.9. The first-order chi connectivity index (χ1) is 9.88. The van der Waals surface area contributed by atoms with Crippen LogP contribution in [0.5, 0.6) is 0 Å². The van der Waals surface area contributed by atoms with E-state index in [2.05, 4.69) is 25.7 Å². The Balaban J connectivity index is 1.96. The third kappa shape index (κ3) is 4.31. The number of hydrogen-bond donors (Lipinski definition) is 1. The van der Waals surface area contributed by atoms with Crippen LogP contribution in [0.3, 0.4) is 0 Å². The van der Waals surface area contributed by atoms with E-state index >= 15 is 0 Å². The number of carboxylic acid groups (broad SMARTS) is 1. The predicted octanol–water partition coefficient (Wildman–Crippen LogP) is 3.61.